The molecule has 15 nitrogen and oxygen atoms in total. The number of aliphatic hydroxyl groups excluding tert-OH is 1. The predicted molar refractivity (Wildman–Crippen MR) is 273 cm³/mol. The minimum atomic E-state index is -2.81. The molecule has 0 aromatic heterocycles. The number of fused-ring (bicyclic) bond motifs is 3. The van der Waals surface area contributed by atoms with Crippen molar-refractivity contribution in [3.63, 3.8) is 0 Å². The molecule has 3 fully saturated rings. The van der Waals surface area contributed by atoms with Crippen LogP contribution in [0.3, 0.4) is 0 Å². The molecule has 3 aliphatic heterocycles. The number of carbonyl (C=O) groups is 5. The fourth-order valence-corrected chi connectivity index (χ4v) is 12.3. The molecule has 0 spiro atoms. The highest BCUT2D eigenvalue weighted by Crippen LogP contribution is 2.50. The zero-order chi connectivity index (χ0) is 52.8. The number of hydrogen-bond donors (Lipinski definition) is 2. The van der Waals surface area contributed by atoms with E-state index in [1.54, 1.807) is 41.1 Å². The van der Waals surface area contributed by atoms with Crippen molar-refractivity contribution in [2.45, 2.75) is 194 Å². The Labute approximate surface area is 424 Å². The number of Topliss-reactive ketones (excluding diaryl/α,β-unsaturated/α-hetero) is 3. The Morgan fingerprint density at radius 2 is 1.56 bits per heavy atom. The highest BCUT2D eigenvalue weighted by atomic mass is 31.2. The van der Waals surface area contributed by atoms with Crippen molar-refractivity contribution in [3.05, 3.63) is 47.6 Å². The van der Waals surface area contributed by atoms with Crippen LogP contribution < -0.4 is 0 Å². The number of carbonyl (C=O) groups excluding carboxylic acids is 5. The highest BCUT2D eigenvalue weighted by Gasteiger charge is 2.53. The summed E-state index contributed by atoms with van der Waals surface area (Å²) in [6, 6.07) is -1.16. The number of amides is 1. The predicted octanol–water partition coefficient (Wildman–Crippen LogP) is 8.52. The van der Waals surface area contributed by atoms with Gasteiger partial charge in [-0.15, -0.1) is 0 Å². The summed E-state index contributed by atoms with van der Waals surface area (Å²) in [5, 5.41) is 23.5. The Morgan fingerprint density at radius 1 is 0.859 bits per heavy atom. The molecular weight excluding hydrogens is 930 g/mol. The number of ether oxygens (including phenoxy) is 5. The molecule has 2 N–H and O–H groups in total. The van der Waals surface area contributed by atoms with Gasteiger partial charge in [-0.05, 0) is 107 Å². The lowest BCUT2D eigenvalue weighted by Crippen LogP contribution is -2.61. The molecular formula is C55H88NO14P. The van der Waals surface area contributed by atoms with Crippen LogP contribution in [0.4, 0.5) is 0 Å². The molecule has 2 bridgehead atoms. The molecule has 3 heterocycles. The van der Waals surface area contributed by atoms with E-state index in [9.17, 15) is 38.8 Å². The average molecular weight is 1020 g/mol. The number of hydrogen-bond acceptors (Lipinski definition) is 14. The van der Waals surface area contributed by atoms with Crippen LogP contribution in [0, 0.1) is 35.5 Å². The van der Waals surface area contributed by atoms with E-state index in [2.05, 4.69) is 0 Å². The maximum Gasteiger partial charge on any atom is 0.329 e. The van der Waals surface area contributed by atoms with Gasteiger partial charge in [0.15, 0.2) is 11.6 Å². The molecule has 16 heteroatoms. The number of cyclic esters (lactones) is 1. The van der Waals surface area contributed by atoms with Crippen LogP contribution in [-0.4, -0.2) is 139 Å². The van der Waals surface area contributed by atoms with E-state index < -0.39 is 85.1 Å². The molecule has 0 aromatic rings. The van der Waals surface area contributed by atoms with Gasteiger partial charge in [0.2, 0.25) is 13.2 Å². The summed E-state index contributed by atoms with van der Waals surface area (Å²) in [6.45, 7) is 16.5. The number of ketones is 3. The zero-order valence-corrected chi connectivity index (χ0v) is 45.7. The standard InChI is InChI=1S/C55H88NO14P/c1-13-71(64,14-2)70-45-26-24-41(31-48(45)66-11)30-37(6)47-33-44(57)36(5)29-39(8)50(59)51(67-12)49(58)38(7)28-34(3)20-16-15-17-21-35(4)46(65-10)32-42-25-23-40(9)55(63,69-42)52(60)53(61)56-27-19-18-22-43(56)54(62)68-47/h15-17,20-21,29,34,37-43,45-48,50-51,59,63H,13-14,18-19,22-28,30-33H2,1-12H3/t34-,37-,38-,39?,40-,41+,42?,43?,45-,46+,47+,48-,50-,51+,55-/m1/s1. The van der Waals surface area contributed by atoms with Gasteiger partial charge in [-0.1, -0.05) is 84.9 Å². The average Bonchev–Trinajstić information content (AvgIpc) is 3.35. The van der Waals surface area contributed by atoms with Crippen molar-refractivity contribution in [3.8, 4) is 0 Å². The molecule has 15 atom stereocenters. The number of esters is 1. The van der Waals surface area contributed by atoms with Gasteiger partial charge in [0.05, 0.1) is 30.5 Å². The Morgan fingerprint density at radius 3 is 2.21 bits per heavy atom. The first-order valence-electron chi connectivity index (χ1n) is 26.3. The largest absolute Gasteiger partial charge is 0.460 e. The van der Waals surface area contributed by atoms with Crippen LogP contribution in [-0.2, 0) is 56.7 Å². The number of methoxy groups -OCH3 is 3. The van der Waals surface area contributed by atoms with E-state index in [4.69, 9.17) is 28.2 Å². The molecule has 0 radical (unpaired) electrons. The minimum absolute atomic E-state index is 0.0139. The summed E-state index contributed by atoms with van der Waals surface area (Å²) in [4.78, 5) is 72.4. The number of allylic oxidation sites excluding steroid dienone is 6. The molecule has 71 heavy (non-hydrogen) atoms. The summed E-state index contributed by atoms with van der Waals surface area (Å²) in [6.07, 6.45) is 12.3. The lowest BCUT2D eigenvalue weighted by atomic mass is 9.78. The van der Waals surface area contributed by atoms with Gasteiger partial charge in [0.1, 0.15) is 18.2 Å². The van der Waals surface area contributed by atoms with Crippen LogP contribution in [0.15, 0.2) is 47.6 Å². The molecule has 4 aliphatic rings. The van der Waals surface area contributed by atoms with Crippen molar-refractivity contribution >= 4 is 36.6 Å². The van der Waals surface area contributed by atoms with E-state index in [1.165, 1.54) is 12.0 Å². The van der Waals surface area contributed by atoms with Crippen molar-refractivity contribution in [2.75, 3.05) is 40.2 Å². The second kappa shape index (κ2) is 28.0. The Balaban J connectivity index is 1.70. The van der Waals surface area contributed by atoms with E-state index in [0.717, 1.165) is 12.0 Å². The summed E-state index contributed by atoms with van der Waals surface area (Å²) in [5.41, 5.74) is 1.18. The molecule has 1 amide bonds. The summed E-state index contributed by atoms with van der Waals surface area (Å²) < 4.78 is 49.4. The van der Waals surface area contributed by atoms with Crippen molar-refractivity contribution in [1.29, 1.82) is 0 Å². The van der Waals surface area contributed by atoms with Crippen LogP contribution >= 0.6 is 7.37 Å². The van der Waals surface area contributed by atoms with Gasteiger partial charge in [0, 0.05) is 70.8 Å². The molecule has 402 valence electrons. The highest BCUT2D eigenvalue weighted by molar-refractivity contribution is 7.58. The summed E-state index contributed by atoms with van der Waals surface area (Å²) in [7, 11) is 1.77. The molecule has 1 saturated carbocycles. The van der Waals surface area contributed by atoms with Gasteiger partial charge < -0.3 is 43.3 Å². The lowest BCUT2D eigenvalue weighted by Gasteiger charge is -2.42. The van der Waals surface area contributed by atoms with E-state index >= 15 is 0 Å². The molecule has 1 aliphatic carbocycles. The third-order valence-corrected chi connectivity index (χ3v) is 18.3. The van der Waals surface area contributed by atoms with Crippen LogP contribution in [0.1, 0.15) is 139 Å². The second-order valence-corrected chi connectivity index (χ2v) is 24.2. The van der Waals surface area contributed by atoms with Gasteiger partial charge in [0.25, 0.3) is 11.7 Å². The first-order valence-corrected chi connectivity index (χ1v) is 28.3. The maximum atomic E-state index is 14.5. The summed E-state index contributed by atoms with van der Waals surface area (Å²) >= 11 is 0. The third-order valence-electron chi connectivity index (χ3n) is 15.8. The topological polar surface area (TPSA) is 201 Å². The van der Waals surface area contributed by atoms with Crippen LogP contribution in [0.25, 0.3) is 0 Å². The first kappa shape index (κ1) is 60.4. The fourth-order valence-electron chi connectivity index (χ4n) is 10.9. The maximum absolute atomic E-state index is 14.5. The van der Waals surface area contributed by atoms with Crippen molar-refractivity contribution < 1.29 is 67.0 Å². The molecule has 3 unspecified atom stereocenters. The number of nitrogens with zero attached hydrogens (tertiary/aromatic N) is 1. The van der Waals surface area contributed by atoms with Crippen molar-refractivity contribution in [2.24, 2.45) is 35.5 Å². The lowest BCUT2D eigenvalue weighted by molar-refractivity contribution is -0.265. The van der Waals surface area contributed by atoms with Gasteiger partial charge in [-0.3, -0.25) is 23.7 Å². The normalized spacial score (nSPS) is 35.9. The third kappa shape index (κ3) is 16.2. The van der Waals surface area contributed by atoms with Crippen LogP contribution in [0.2, 0.25) is 0 Å². The Kier molecular flexibility index (Phi) is 23.8. The fraction of sp³-hybridized carbons (Fsp3) is 0.764. The van der Waals surface area contributed by atoms with Gasteiger partial charge in [-0.2, -0.15) is 0 Å². The minimum Gasteiger partial charge on any atom is -0.460 e. The van der Waals surface area contributed by atoms with Crippen molar-refractivity contribution in [1.82, 2.24) is 4.90 Å². The Hall–Kier alpha value is -3.14. The summed E-state index contributed by atoms with van der Waals surface area (Å²) in [5.74, 6) is -8.08. The van der Waals surface area contributed by atoms with E-state index in [-0.39, 0.29) is 60.9 Å². The van der Waals surface area contributed by atoms with Crippen LogP contribution in [0.5, 0.6) is 0 Å². The van der Waals surface area contributed by atoms with Gasteiger partial charge in [-0.25, -0.2) is 4.79 Å². The molecule has 2 saturated heterocycles. The zero-order valence-electron chi connectivity index (χ0n) is 44.8. The second-order valence-electron chi connectivity index (χ2n) is 21.1. The monoisotopic (exact) mass is 1020 g/mol. The quantitative estimate of drug-likeness (QED) is 0.120. The van der Waals surface area contributed by atoms with E-state index in [1.807, 2.05) is 71.9 Å². The smallest absolute Gasteiger partial charge is 0.329 e. The molecule has 4 rings (SSSR count). The number of aliphatic hydroxyl groups is 2. The van der Waals surface area contributed by atoms with E-state index in [0.29, 0.717) is 75.7 Å². The first-order chi connectivity index (χ1) is 33.6. The Bertz CT molecular complexity index is 1970. The SMILES string of the molecule is CCP(=O)(CC)O[C@@H]1CC[C@@H](C[C@@H](C)[C@@H]2CC(=O)C(C)=CC(C)[C@@H](O)[C@@H](OC)C(=O)[C@H](C)C[C@H](C)C=CC=CC=C(C)[C@@H](OC)CC3CC[C@@H](C)[C@@](O)(O3)C(=O)C(=O)N3CCCCC3C(=O)O2)C[C@H]1OC. The number of rotatable bonds is 10. The molecule has 0 aromatic carbocycles. The number of piperidine rings is 1. The van der Waals surface area contributed by atoms with Gasteiger partial charge >= 0.3 is 5.97 Å².